The number of allylic oxidation sites excluding steroid dienone is 5. The highest BCUT2D eigenvalue weighted by molar-refractivity contribution is 5.69. The predicted octanol–water partition coefficient (Wildman–Crippen LogP) is 7.69. The summed E-state index contributed by atoms with van der Waals surface area (Å²) in [7, 11) is 0. The van der Waals surface area contributed by atoms with Crippen molar-refractivity contribution in [2.75, 3.05) is 13.2 Å². The second-order valence-corrected chi connectivity index (χ2v) is 11.8. The summed E-state index contributed by atoms with van der Waals surface area (Å²) in [4.78, 5) is 23.8. The van der Waals surface area contributed by atoms with E-state index >= 15 is 0 Å². The molecule has 0 spiro atoms. The molecule has 0 amide bonds. The molecule has 0 bridgehead atoms. The van der Waals surface area contributed by atoms with E-state index in [0.717, 1.165) is 31.6 Å². The van der Waals surface area contributed by atoms with Gasteiger partial charge in [-0.15, -0.1) is 0 Å². The zero-order chi connectivity index (χ0) is 32.0. The average Bonchev–Trinajstić information content (AvgIpc) is 2.97. The normalized spacial score (nSPS) is 14.4. The number of aliphatic hydroxyl groups is 3. The van der Waals surface area contributed by atoms with Gasteiger partial charge in [-0.05, 0) is 44.4 Å². The molecule has 0 rings (SSSR count). The molecule has 0 unspecified atom stereocenters. The molecule has 0 aliphatic carbocycles. The molecule has 248 valence electrons. The van der Waals surface area contributed by atoms with Crippen LogP contribution in [0.2, 0.25) is 0 Å². The Kier molecular flexibility index (Phi) is 28.3. The first-order valence-corrected chi connectivity index (χ1v) is 16.8. The third-order valence-electron chi connectivity index (χ3n) is 6.94. The Morgan fingerprint density at radius 2 is 1.19 bits per heavy atom. The Morgan fingerprint density at radius 1 is 0.628 bits per heavy atom. The lowest BCUT2D eigenvalue weighted by Crippen LogP contribution is -2.25. The van der Waals surface area contributed by atoms with Crippen molar-refractivity contribution >= 4 is 11.9 Å². The van der Waals surface area contributed by atoms with Gasteiger partial charge in [0.2, 0.25) is 0 Å². The van der Waals surface area contributed by atoms with Crippen molar-refractivity contribution in [1.82, 2.24) is 0 Å². The van der Waals surface area contributed by atoms with Crippen molar-refractivity contribution in [2.24, 2.45) is 5.92 Å². The zero-order valence-corrected chi connectivity index (χ0v) is 27.3. The summed E-state index contributed by atoms with van der Waals surface area (Å²) in [5, 5.41) is 29.9. The molecule has 0 saturated carbocycles. The average molecular weight is 607 g/mol. The zero-order valence-electron chi connectivity index (χ0n) is 27.3. The van der Waals surface area contributed by atoms with Crippen LogP contribution in [0.15, 0.2) is 48.6 Å². The minimum absolute atomic E-state index is 0.124. The van der Waals surface area contributed by atoms with E-state index in [1.54, 1.807) is 36.5 Å². The van der Waals surface area contributed by atoms with Crippen molar-refractivity contribution in [1.29, 1.82) is 0 Å². The number of carbonyl (C=O) groups is 2. The summed E-state index contributed by atoms with van der Waals surface area (Å²) < 4.78 is 10.1. The number of esters is 2. The molecular weight excluding hydrogens is 544 g/mol. The maximum absolute atomic E-state index is 11.9. The van der Waals surface area contributed by atoms with Gasteiger partial charge in [0.1, 0.15) is 19.3 Å². The Morgan fingerprint density at radius 3 is 1.79 bits per heavy atom. The summed E-state index contributed by atoms with van der Waals surface area (Å²) in [6.07, 6.45) is 28.1. The van der Waals surface area contributed by atoms with Crippen LogP contribution in [0.3, 0.4) is 0 Å². The highest BCUT2D eigenvalue weighted by Gasteiger charge is 2.12. The molecule has 0 heterocycles. The van der Waals surface area contributed by atoms with E-state index in [-0.39, 0.29) is 25.6 Å². The van der Waals surface area contributed by atoms with E-state index in [9.17, 15) is 24.9 Å². The Bertz CT molecular complexity index is 784. The van der Waals surface area contributed by atoms with Gasteiger partial charge in [0.25, 0.3) is 0 Å². The molecule has 7 heteroatoms. The maximum Gasteiger partial charge on any atom is 0.305 e. The second kappa shape index (κ2) is 29.8. The van der Waals surface area contributed by atoms with Gasteiger partial charge in [-0.2, -0.15) is 0 Å². The van der Waals surface area contributed by atoms with Crippen LogP contribution in [0.25, 0.3) is 0 Å². The van der Waals surface area contributed by atoms with E-state index in [1.165, 1.54) is 51.4 Å². The summed E-state index contributed by atoms with van der Waals surface area (Å²) >= 11 is 0. The predicted molar refractivity (Wildman–Crippen MR) is 175 cm³/mol. The molecule has 0 aromatic rings. The van der Waals surface area contributed by atoms with E-state index in [4.69, 9.17) is 9.47 Å². The SMILES string of the molecule is CCCCC/C=C\C[C@@H](O)/C=C/C=C/C=C\[C@@H](O)CCCC(=O)OC[C@@H](O)COC(=O)CCCCCCCCCC(C)C. The third kappa shape index (κ3) is 31.0. The van der Waals surface area contributed by atoms with E-state index < -0.39 is 24.3 Å². The maximum atomic E-state index is 11.9. The molecule has 3 atom stereocenters. The molecule has 0 radical (unpaired) electrons. The lowest BCUT2D eigenvalue weighted by atomic mass is 10.0. The third-order valence-corrected chi connectivity index (χ3v) is 6.94. The van der Waals surface area contributed by atoms with Crippen molar-refractivity contribution in [2.45, 2.75) is 148 Å². The standard InChI is InChI=1S/C36H62O7/c1-4-5-6-7-12-17-23-32(37)24-18-14-15-19-25-33(38)26-21-28-36(41)43-30-34(39)29-42-35(40)27-20-13-10-8-9-11-16-22-31(2)3/h12,14-15,17-19,24-25,31-34,37-39H,4-11,13,16,20-23,26-30H2,1-3H3/b15-14+,17-12-,24-18+,25-19-/t32-,33-,34+/m1/s1. The van der Waals surface area contributed by atoms with Crippen molar-refractivity contribution < 1.29 is 34.4 Å². The Labute approximate surface area is 262 Å². The first-order valence-electron chi connectivity index (χ1n) is 16.8. The highest BCUT2D eigenvalue weighted by Crippen LogP contribution is 2.13. The van der Waals surface area contributed by atoms with Gasteiger partial charge < -0.3 is 24.8 Å². The fourth-order valence-corrected chi connectivity index (χ4v) is 4.29. The van der Waals surface area contributed by atoms with Gasteiger partial charge in [0.15, 0.2) is 0 Å². The Balaban J connectivity index is 3.80. The van der Waals surface area contributed by atoms with Crippen LogP contribution < -0.4 is 0 Å². The van der Waals surface area contributed by atoms with Gasteiger partial charge in [0, 0.05) is 12.8 Å². The monoisotopic (exact) mass is 606 g/mol. The molecule has 0 aromatic heterocycles. The fourth-order valence-electron chi connectivity index (χ4n) is 4.29. The number of carbonyl (C=O) groups excluding carboxylic acids is 2. The molecule has 0 fully saturated rings. The number of unbranched alkanes of at least 4 members (excludes halogenated alkanes) is 9. The van der Waals surface area contributed by atoms with Gasteiger partial charge in [-0.1, -0.05) is 127 Å². The first kappa shape index (κ1) is 40.8. The van der Waals surface area contributed by atoms with E-state index in [1.807, 2.05) is 6.08 Å². The van der Waals surface area contributed by atoms with E-state index in [2.05, 4.69) is 26.8 Å². The van der Waals surface area contributed by atoms with Crippen LogP contribution in [0.5, 0.6) is 0 Å². The Hall–Kier alpha value is -2.22. The summed E-state index contributed by atoms with van der Waals surface area (Å²) in [6, 6.07) is 0. The molecule has 0 saturated heterocycles. The van der Waals surface area contributed by atoms with E-state index in [0.29, 0.717) is 25.7 Å². The first-order chi connectivity index (χ1) is 20.7. The lowest BCUT2D eigenvalue weighted by molar-refractivity contribution is -0.152. The second-order valence-electron chi connectivity index (χ2n) is 11.8. The quantitative estimate of drug-likeness (QED) is 0.0362. The molecule has 43 heavy (non-hydrogen) atoms. The number of rotatable bonds is 28. The number of hydrogen-bond donors (Lipinski definition) is 3. The minimum atomic E-state index is -1.05. The highest BCUT2D eigenvalue weighted by atomic mass is 16.6. The summed E-state index contributed by atoms with van der Waals surface area (Å²) in [6.45, 7) is 6.27. The van der Waals surface area contributed by atoms with Crippen LogP contribution >= 0.6 is 0 Å². The largest absolute Gasteiger partial charge is 0.463 e. The van der Waals surface area contributed by atoms with Gasteiger partial charge >= 0.3 is 11.9 Å². The fraction of sp³-hybridized carbons (Fsp3) is 0.722. The van der Waals surface area contributed by atoms with Crippen LogP contribution in [0, 0.1) is 5.92 Å². The van der Waals surface area contributed by atoms with Crippen molar-refractivity contribution in [3.05, 3.63) is 48.6 Å². The van der Waals surface area contributed by atoms with Crippen molar-refractivity contribution in [3.63, 3.8) is 0 Å². The van der Waals surface area contributed by atoms with Crippen LogP contribution in [-0.4, -0.2) is 58.8 Å². The van der Waals surface area contributed by atoms with Gasteiger partial charge in [-0.3, -0.25) is 9.59 Å². The molecule has 0 aliphatic heterocycles. The van der Waals surface area contributed by atoms with Gasteiger partial charge in [0.05, 0.1) is 12.2 Å². The smallest absolute Gasteiger partial charge is 0.305 e. The molecular formula is C36H62O7. The number of hydrogen-bond acceptors (Lipinski definition) is 7. The van der Waals surface area contributed by atoms with Crippen LogP contribution in [-0.2, 0) is 19.1 Å². The molecule has 7 nitrogen and oxygen atoms in total. The lowest BCUT2D eigenvalue weighted by Gasteiger charge is -2.12. The minimum Gasteiger partial charge on any atom is -0.463 e. The molecule has 0 aromatic carbocycles. The van der Waals surface area contributed by atoms with Crippen LogP contribution in [0.4, 0.5) is 0 Å². The molecule has 0 aliphatic rings. The van der Waals surface area contributed by atoms with Gasteiger partial charge in [-0.25, -0.2) is 0 Å². The number of ether oxygens (including phenoxy) is 2. The summed E-state index contributed by atoms with van der Waals surface area (Å²) in [5.41, 5.74) is 0. The summed E-state index contributed by atoms with van der Waals surface area (Å²) in [5.74, 6) is -0.0310. The van der Waals surface area contributed by atoms with Crippen molar-refractivity contribution in [3.8, 4) is 0 Å². The topological polar surface area (TPSA) is 113 Å². The molecule has 3 N–H and O–H groups in total. The number of aliphatic hydroxyl groups excluding tert-OH is 3. The van der Waals surface area contributed by atoms with Crippen LogP contribution in [0.1, 0.15) is 130 Å².